The van der Waals surface area contributed by atoms with Crippen molar-refractivity contribution >= 4 is 156 Å². The van der Waals surface area contributed by atoms with Crippen LogP contribution in [-0.4, -0.2) is 146 Å². The molecule has 0 aliphatic heterocycles. The number of primary amides is 1. The van der Waals surface area contributed by atoms with E-state index in [4.69, 9.17) is 29.1 Å². The van der Waals surface area contributed by atoms with Gasteiger partial charge >= 0.3 is 0 Å². The lowest BCUT2D eigenvalue weighted by molar-refractivity contribution is -0.119. The number of rotatable bonds is 31. The number of methoxy groups -OCH3 is 4. The number of aliphatic hydroxyl groups excluding tert-OH is 1. The molecule has 5 amide bonds. The number of hydrogen-bond acceptors (Lipinski definition) is 20. The number of aliphatic hydroxyl groups is 1. The van der Waals surface area contributed by atoms with E-state index in [1.165, 1.54) is 42.1 Å². The maximum absolute atomic E-state index is 13.2. The normalized spacial score (nSPS) is 11.7. The largest absolute Gasteiger partial charge is 0.495 e. The zero-order valence-electron chi connectivity index (χ0n) is 72.3. The lowest BCUT2D eigenvalue weighted by Crippen LogP contribution is -2.45. The second-order valence-electron chi connectivity index (χ2n) is 29.9. The first-order valence-corrected chi connectivity index (χ1v) is 41.8. The number of hydrogen-bond donors (Lipinski definition) is 10. The monoisotopic (exact) mass is 1750 g/mol. The molecule has 0 aliphatic rings. The first-order valence-electron chi connectivity index (χ1n) is 40.9. The van der Waals surface area contributed by atoms with Crippen LogP contribution in [0.1, 0.15) is 186 Å². The number of nitrogens with two attached hydrogens (primary N) is 1. The fourth-order valence-electron chi connectivity index (χ4n) is 13.9. The molecule has 0 radical (unpaired) electrons. The zero-order chi connectivity index (χ0) is 91.8. The van der Waals surface area contributed by atoms with Gasteiger partial charge in [0, 0.05) is 33.6 Å². The Kier molecular flexibility index (Phi) is 31.1. The smallest absolute Gasteiger partial charge is 0.255 e. The molecule has 0 bridgehead atoms. The van der Waals surface area contributed by atoms with Gasteiger partial charge in [0.05, 0.1) is 149 Å². The molecule has 28 nitrogen and oxygen atoms in total. The third kappa shape index (κ3) is 23.1. The Morgan fingerprint density at radius 1 is 0.419 bits per heavy atom. The minimum atomic E-state index is -0.891. The van der Waals surface area contributed by atoms with Gasteiger partial charge in [0.2, 0.25) is 5.91 Å². The Bertz CT molecular complexity index is 6530. The van der Waals surface area contributed by atoms with Gasteiger partial charge in [0.25, 0.3) is 23.6 Å². The molecule has 11 N–H and O–H groups in total. The maximum Gasteiger partial charge on any atom is 0.255 e. The van der Waals surface area contributed by atoms with E-state index in [9.17, 15) is 48.3 Å². The summed E-state index contributed by atoms with van der Waals surface area (Å²) in [5.74, 6) is 0.442. The fraction of sp³-hybridized carbons (Fsp3) is 0.170. The molecule has 0 spiro atoms. The molecule has 129 heavy (non-hydrogen) atoms. The quantitative estimate of drug-likeness (QED) is 0.0180. The molecule has 2 unspecified atom stereocenters. The van der Waals surface area contributed by atoms with Crippen molar-refractivity contribution in [1.82, 2.24) is 62.1 Å². The van der Waals surface area contributed by atoms with Crippen molar-refractivity contribution in [3.05, 3.63) is 318 Å². The van der Waals surface area contributed by atoms with Gasteiger partial charge in [0.1, 0.15) is 34.8 Å². The number of carbonyl (C=O) groups is 9. The van der Waals surface area contributed by atoms with Crippen LogP contribution in [0.15, 0.2) is 216 Å². The standard InChI is InChI=1S/C28H26N4O4.C24H21N3O4.C24H27N3O4.C24H21N3O3S/c1-17(33)20-10-6-9-19(15-20)11-13-22-25-23(32-31-22)14-12-21(26(25)36-2)28(35)30-24(27(29)34)16-18-7-4-3-5-8-18;1-15(28)17-6-3-5-16(13-17)8-10-20-22-21(27-26-20)11-9-19(23(22)30-2)24(29)25-14-18-7-4-12-31-18;1-14(2)21(13-28)25-24(30)18-9-11-20-22(23(18)31-4)19(26-27-20)10-8-16-6-5-7-17(12-16)15(3)29;1-15(28)17-6-3-5-16(13-17)8-10-20-22-21(27-26-20)11-9-19(23(22)30-2)24(29)25-14-18-7-4-12-31-18/h3-15,24H,16H2,1-2H3,(H2,29,34)(H,30,35)(H,31,32);3-13H,14H2,1-2H3,(H,25,29)(H,26,27);5-12,14,21,28H,13H2,1-4H3,(H,25,30)(H,26,27);3-13H,14H2,1-2H3,(H,25,29)(H,26,27)/b13-11+;3*10-8+. The van der Waals surface area contributed by atoms with Crippen LogP contribution in [0.3, 0.4) is 0 Å². The predicted molar refractivity (Wildman–Crippen MR) is 501 cm³/mol. The number of nitrogens with one attached hydrogen (secondary N) is 8. The Balaban J connectivity index is 0.000000156. The number of carbonyl (C=O) groups excluding carboxylic acids is 9. The van der Waals surface area contributed by atoms with Crippen molar-refractivity contribution < 1.29 is 71.6 Å². The summed E-state index contributed by atoms with van der Waals surface area (Å²) in [4.78, 5) is 111. The van der Waals surface area contributed by atoms with Crippen molar-refractivity contribution in [2.24, 2.45) is 11.7 Å². The molecule has 2 atom stereocenters. The molecule has 6 aromatic heterocycles. The van der Waals surface area contributed by atoms with Crippen LogP contribution >= 0.6 is 11.3 Å². The number of aromatic nitrogens is 8. The van der Waals surface area contributed by atoms with Gasteiger partial charge in [-0.25, -0.2) is 0 Å². The number of furan rings is 1. The van der Waals surface area contributed by atoms with E-state index in [1.807, 2.05) is 171 Å². The average molecular weight is 1750 g/mol. The third-order valence-corrected chi connectivity index (χ3v) is 21.7. The van der Waals surface area contributed by atoms with Crippen molar-refractivity contribution in [2.75, 3.05) is 35.0 Å². The van der Waals surface area contributed by atoms with Gasteiger partial charge < -0.3 is 55.5 Å². The van der Waals surface area contributed by atoms with Crippen molar-refractivity contribution in [3.63, 3.8) is 0 Å². The summed E-state index contributed by atoms with van der Waals surface area (Å²) in [6, 6.07) is 58.5. The number of benzene rings is 9. The maximum atomic E-state index is 13.2. The van der Waals surface area contributed by atoms with Crippen LogP contribution in [0.4, 0.5) is 0 Å². The highest BCUT2D eigenvalue weighted by Crippen LogP contribution is 2.38. The van der Waals surface area contributed by atoms with E-state index in [0.29, 0.717) is 135 Å². The fourth-order valence-corrected chi connectivity index (χ4v) is 14.6. The molecule has 656 valence electrons. The van der Waals surface area contributed by atoms with Crippen LogP contribution in [-0.2, 0) is 24.3 Å². The van der Waals surface area contributed by atoms with E-state index in [1.54, 1.807) is 129 Å². The first-order chi connectivity index (χ1) is 62.3. The van der Waals surface area contributed by atoms with E-state index < -0.39 is 17.9 Å². The van der Waals surface area contributed by atoms with Gasteiger partial charge in [-0.1, -0.05) is 147 Å². The number of fused-ring (bicyclic) bond motifs is 4. The molecule has 15 aromatic rings. The third-order valence-electron chi connectivity index (χ3n) is 20.8. The number of ketones is 4. The van der Waals surface area contributed by atoms with Crippen LogP contribution in [0.5, 0.6) is 23.0 Å². The predicted octanol–water partition coefficient (Wildman–Crippen LogP) is 16.9. The molecule has 29 heteroatoms. The van der Waals surface area contributed by atoms with Crippen molar-refractivity contribution in [1.29, 1.82) is 0 Å². The number of thiophene rings is 1. The summed E-state index contributed by atoms with van der Waals surface area (Å²) in [5, 5.41) is 54.8. The molecular formula is C100H95N13O15S. The van der Waals surface area contributed by atoms with Crippen LogP contribution < -0.4 is 45.9 Å². The number of aromatic amines is 4. The van der Waals surface area contributed by atoms with Crippen LogP contribution in [0, 0.1) is 5.92 Å². The lowest BCUT2D eigenvalue weighted by atomic mass is 10.0. The Hall–Kier alpha value is -16.0. The molecule has 9 aromatic carbocycles. The minimum Gasteiger partial charge on any atom is -0.495 e. The van der Waals surface area contributed by atoms with Crippen LogP contribution in [0.2, 0.25) is 0 Å². The number of ether oxygens (including phenoxy) is 4. The molecule has 6 heterocycles. The molecule has 0 aliphatic carbocycles. The number of Topliss-reactive ketones (excluding diaryl/α,β-unsaturated/α-hetero) is 4. The van der Waals surface area contributed by atoms with Crippen LogP contribution in [0.25, 0.3) is 92.2 Å². The van der Waals surface area contributed by atoms with E-state index in [0.717, 1.165) is 38.1 Å². The summed E-state index contributed by atoms with van der Waals surface area (Å²) in [6.07, 6.45) is 16.7. The number of H-pyrrole nitrogens is 4. The van der Waals surface area contributed by atoms with Gasteiger partial charge in [0.15, 0.2) is 23.1 Å². The van der Waals surface area contributed by atoms with Crippen molar-refractivity contribution in [2.45, 2.75) is 73.1 Å². The summed E-state index contributed by atoms with van der Waals surface area (Å²) in [7, 11) is 6.04. The summed E-state index contributed by atoms with van der Waals surface area (Å²) in [6.45, 7) is 10.6. The zero-order valence-corrected chi connectivity index (χ0v) is 73.1. The van der Waals surface area contributed by atoms with Gasteiger partial charge in [-0.15, -0.1) is 11.3 Å². The van der Waals surface area contributed by atoms with Gasteiger partial charge in [-0.2, -0.15) is 20.4 Å². The van der Waals surface area contributed by atoms with E-state index in [-0.39, 0.29) is 78.0 Å². The minimum absolute atomic E-state index is 0.00199. The number of amides is 5. The molecule has 0 fully saturated rings. The highest BCUT2D eigenvalue weighted by Gasteiger charge is 2.27. The van der Waals surface area contributed by atoms with E-state index >= 15 is 0 Å². The second-order valence-corrected chi connectivity index (χ2v) is 31.0. The van der Waals surface area contributed by atoms with Gasteiger partial charge in [-0.3, -0.25) is 63.5 Å². The summed E-state index contributed by atoms with van der Waals surface area (Å²) >= 11 is 1.59. The Morgan fingerprint density at radius 3 is 1.09 bits per heavy atom. The van der Waals surface area contributed by atoms with Crippen molar-refractivity contribution in [3.8, 4) is 23.0 Å². The summed E-state index contributed by atoms with van der Waals surface area (Å²) in [5.41, 5.74) is 19.3. The second kappa shape index (κ2) is 43.5. The summed E-state index contributed by atoms with van der Waals surface area (Å²) < 4.78 is 27.7. The lowest BCUT2D eigenvalue weighted by Gasteiger charge is -2.20. The van der Waals surface area contributed by atoms with Gasteiger partial charge in [-0.05, 0) is 182 Å². The highest BCUT2D eigenvalue weighted by atomic mass is 32.1. The SMILES string of the molecule is COc1c(C(=O)NC(CO)C(C)C)ccc2n[nH]c(/C=C/c3cccc(C(C)=O)c3)c12.COc1c(C(=O)NC(Cc2ccccc2)C(N)=O)ccc2n[nH]c(/C=C/c3cccc(C(C)=O)c3)c12.COc1c(C(=O)NCc2ccco2)ccc2n[nH]c(/C=C/c3cccc(C(C)=O)c3)c12.COc1c(C(=O)NCc2cccs2)ccc2n[nH]c(/C=C/c3cccc(C(C)=O)c3)c12. The average Bonchev–Trinajstić information content (AvgIpc) is 1.67. The van der Waals surface area contributed by atoms with E-state index in [2.05, 4.69) is 62.1 Å². The highest BCUT2D eigenvalue weighted by molar-refractivity contribution is 7.09. The molecule has 0 saturated carbocycles. The molecule has 0 saturated heterocycles. The Labute approximate surface area is 746 Å². The first kappa shape index (κ1) is 92.2. The molecular weight excluding hydrogens is 1660 g/mol. The topological polar surface area (TPSA) is 413 Å². The number of nitrogens with zero attached hydrogens (tertiary/aromatic N) is 4. The molecule has 15 rings (SSSR count). The Morgan fingerprint density at radius 2 is 0.775 bits per heavy atom.